The first kappa shape index (κ1) is 25.0. The van der Waals surface area contributed by atoms with E-state index in [4.69, 9.17) is 0 Å². The maximum absolute atomic E-state index is 11.8. The minimum atomic E-state index is 0.251. The van der Waals surface area contributed by atoms with E-state index < -0.39 is 0 Å². The summed E-state index contributed by atoms with van der Waals surface area (Å²) in [7, 11) is 6.76. The number of carbonyl (C=O) groups excluding carboxylic acids is 2. The number of hydrogen-bond acceptors (Lipinski definition) is 5. The monoisotopic (exact) mass is 365 g/mol. The molecule has 0 aromatic carbocycles. The van der Waals surface area contributed by atoms with Crippen molar-refractivity contribution in [1.29, 1.82) is 0 Å². The molecular formula is C17H35NO3S2. The third-order valence-corrected chi connectivity index (χ3v) is 5.51. The predicted octanol–water partition coefficient (Wildman–Crippen LogP) is 4.28. The van der Waals surface area contributed by atoms with E-state index in [1.165, 1.54) is 0 Å². The molecular weight excluding hydrogens is 330 g/mol. The summed E-state index contributed by atoms with van der Waals surface area (Å²) in [5, 5.41) is 0. The molecule has 0 spiro atoms. The second-order valence-electron chi connectivity index (χ2n) is 5.34. The van der Waals surface area contributed by atoms with E-state index in [-0.39, 0.29) is 5.78 Å². The molecule has 0 N–H and O–H groups in total. The SMILES string of the molecule is CC.CC(=O)CCSSCCCC(=O)N1CCC(C)C1.COC. The molecule has 0 bridgehead atoms. The zero-order valence-corrected chi connectivity index (χ0v) is 17.4. The zero-order valence-electron chi connectivity index (χ0n) is 15.7. The molecule has 0 aliphatic carbocycles. The number of likely N-dealkylation sites (tertiary alicyclic amines) is 1. The van der Waals surface area contributed by atoms with Crippen molar-refractivity contribution < 1.29 is 14.3 Å². The van der Waals surface area contributed by atoms with Crippen LogP contribution in [-0.4, -0.2) is 55.4 Å². The third kappa shape index (κ3) is 16.4. The van der Waals surface area contributed by atoms with Gasteiger partial charge in [0.1, 0.15) is 5.78 Å². The molecule has 4 nitrogen and oxygen atoms in total. The van der Waals surface area contributed by atoms with Crippen LogP contribution in [0.15, 0.2) is 0 Å². The lowest BCUT2D eigenvalue weighted by atomic mass is 10.2. The minimum Gasteiger partial charge on any atom is -0.388 e. The Morgan fingerprint density at radius 1 is 1.13 bits per heavy atom. The molecule has 1 aliphatic heterocycles. The summed E-state index contributed by atoms with van der Waals surface area (Å²) in [6.45, 7) is 9.72. The summed E-state index contributed by atoms with van der Waals surface area (Å²) in [6.07, 6.45) is 3.43. The van der Waals surface area contributed by atoms with E-state index in [0.29, 0.717) is 24.7 Å². The molecule has 1 rings (SSSR count). The smallest absolute Gasteiger partial charge is 0.222 e. The molecule has 0 radical (unpaired) electrons. The molecule has 1 aliphatic rings. The van der Waals surface area contributed by atoms with Crippen LogP contribution >= 0.6 is 21.6 Å². The van der Waals surface area contributed by atoms with Gasteiger partial charge < -0.3 is 9.64 Å². The Labute approximate surface area is 150 Å². The second kappa shape index (κ2) is 18.1. The molecule has 138 valence electrons. The van der Waals surface area contributed by atoms with E-state index in [2.05, 4.69) is 11.7 Å². The Hall–Kier alpha value is -0.200. The lowest BCUT2D eigenvalue weighted by Gasteiger charge is -2.15. The summed E-state index contributed by atoms with van der Waals surface area (Å²) in [5.41, 5.74) is 0. The number of ketones is 1. The highest BCUT2D eigenvalue weighted by Crippen LogP contribution is 2.24. The van der Waals surface area contributed by atoms with Crippen LogP contribution in [0.5, 0.6) is 0 Å². The third-order valence-electron chi connectivity index (χ3n) is 3.02. The van der Waals surface area contributed by atoms with Crippen LogP contribution in [-0.2, 0) is 14.3 Å². The fourth-order valence-electron chi connectivity index (χ4n) is 1.91. The topological polar surface area (TPSA) is 46.6 Å². The fourth-order valence-corrected chi connectivity index (χ4v) is 4.08. The Morgan fingerprint density at radius 3 is 2.17 bits per heavy atom. The van der Waals surface area contributed by atoms with Crippen molar-refractivity contribution in [1.82, 2.24) is 4.90 Å². The number of carbonyl (C=O) groups is 2. The van der Waals surface area contributed by atoms with E-state index in [0.717, 1.165) is 37.4 Å². The van der Waals surface area contributed by atoms with Gasteiger partial charge in [-0.2, -0.15) is 0 Å². The largest absolute Gasteiger partial charge is 0.388 e. The zero-order chi connectivity index (χ0) is 18.1. The maximum atomic E-state index is 11.8. The van der Waals surface area contributed by atoms with Crippen LogP contribution in [0.3, 0.4) is 0 Å². The van der Waals surface area contributed by atoms with Crippen molar-refractivity contribution in [3.8, 4) is 0 Å². The van der Waals surface area contributed by atoms with Crippen molar-refractivity contribution in [2.45, 2.75) is 53.4 Å². The van der Waals surface area contributed by atoms with Gasteiger partial charge in [-0.05, 0) is 25.7 Å². The molecule has 1 fully saturated rings. The summed E-state index contributed by atoms with van der Waals surface area (Å²) in [4.78, 5) is 24.6. The quantitative estimate of drug-likeness (QED) is 0.474. The van der Waals surface area contributed by atoms with Gasteiger partial charge >= 0.3 is 0 Å². The minimum absolute atomic E-state index is 0.251. The van der Waals surface area contributed by atoms with Crippen molar-refractivity contribution in [3.05, 3.63) is 0 Å². The lowest BCUT2D eigenvalue weighted by molar-refractivity contribution is -0.130. The number of amides is 1. The van der Waals surface area contributed by atoms with Gasteiger partial charge in [-0.25, -0.2) is 0 Å². The van der Waals surface area contributed by atoms with E-state index in [1.54, 1.807) is 42.7 Å². The summed E-state index contributed by atoms with van der Waals surface area (Å²) >= 11 is 0. The van der Waals surface area contributed by atoms with Gasteiger partial charge in [0, 0.05) is 51.7 Å². The number of hydrogen-bond donors (Lipinski definition) is 0. The average molecular weight is 366 g/mol. The predicted molar refractivity (Wildman–Crippen MR) is 104 cm³/mol. The lowest BCUT2D eigenvalue weighted by Crippen LogP contribution is -2.28. The summed E-state index contributed by atoms with van der Waals surface area (Å²) in [6, 6.07) is 0. The molecule has 1 amide bonds. The molecule has 0 saturated carbocycles. The first-order valence-corrected chi connectivity index (χ1v) is 10.9. The van der Waals surface area contributed by atoms with Gasteiger partial charge in [0.25, 0.3) is 0 Å². The molecule has 1 heterocycles. The number of methoxy groups -OCH3 is 1. The van der Waals surface area contributed by atoms with Gasteiger partial charge in [-0.3, -0.25) is 9.59 Å². The van der Waals surface area contributed by atoms with Crippen LogP contribution in [0.1, 0.15) is 53.4 Å². The molecule has 0 aromatic rings. The highest BCUT2D eigenvalue weighted by atomic mass is 33.1. The van der Waals surface area contributed by atoms with Crippen LogP contribution < -0.4 is 0 Å². The van der Waals surface area contributed by atoms with Crippen LogP contribution in [0.4, 0.5) is 0 Å². The molecule has 6 heteroatoms. The number of ether oxygens (including phenoxy) is 1. The Bertz CT molecular complexity index is 302. The van der Waals surface area contributed by atoms with Gasteiger partial charge in [0.2, 0.25) is 5.91 Å². The molecule has 1 saturated heterocycles. The van der Waals surface area contributed by atoms with Crippen LogP contribution in [0.25, 0.3) is 0 Å². The van der Waals surface area contributed by atoms with E-state index >= 15 is 0 Å². The van der Waals surface area contributed by atoms with E-state index in [9.17, 15) is 9.59 Å². The normalized spacial score (nSPS) is 16.1. The molecule has 0 aromatic heterocycles. The molecule has 1 unspecified atom stereocenters. The highest BCUT2D eigenvalue weighted by molar-refractivity contribution is 8.76. The van der Waals surface area contributed by atoms with Crippen molar-refractivity contribution >= 4 is 33.3 Å². The highest BCUT2D eigenvalue weighted by Gasteiger charge is 2.22. The number of Topliss-reactive ketones (excluding diaryl/α,β-unsaturated/α-hetero) is 1. The second-order valence-corrected chi connectivity index (χ2v) is 8.04. The maximum Gasteiger partial charge on any atom is 0.222 e. The van der Waals surface area contributed by atoms with Gasteiger partial charge in [-0.1, -0.05) is 42.4 Å². The standard InChI is InChI=1S/C13H23NO2S2.C2H6O.C2H6/c1-11-5-7-14(10-11)13(16)4-3-8-17-18-9-6-12(2)15;1-3-2;1-2/h11H,3-10H2,1-2H3;1-2H3;1-2H3. The Kier molecular flexibility index (Phi) is 19.8. The van der Waals surface area contributed by atoms with Crippen molar-refractivity contribution in [3.63, 3.8) is 0 Å². The summed E-state index contributed by atoms with van der Waals surface area (Å²) in [5.74, 6) is 3.12. The van der Waals surface area contributed by atoms with E-state index in [1.807, 2.05) is 18.7 Å². The van der Waals surface area contributed by atoms with Crippen LogP contribution in [0.2, 0.25) is 0 Å². The molecule has 1 atom stereocenters. The average Bonchev–Trinajstić information content (AvgIpc) is 2.95. The number of nitrogens with zero attached hydrogens (tertiary/aromatic N) is 1. The van der Waals surface area contributed by atoms with Gasteiger partial charge in [0.05, 0.1) is 0 Å². The fraction of sp³-hybridized carbons (Fsp3) is 0.882. The Balaban J connectivity index is 0. The molecule has 23 heavy (non-hydrogen) atoms. The number of rotatable bonds is 8. The summed E-state index contributed by atoms with van der Waals surface area (Å²) < 4.78 is 4.25. The first-order valence-electron chi connectivity index (χ1n) is 8.43. The van der Waals surface area contributed by atoms with Gasteiger partial charge in [0.15, 0.2) is 0 Å². The van der Waals surface area contributed by atoms with Crippen molar-refractivity contribution in [2.75, 3.05) is 38.8 Å². The van der Waals surface area contributed by atoms with Gasteiger partial charge in [-0.15, -0.1) is 0 Å². The van der Waals surface area contributed by atoms with Crippen LogP contribution in [0, 0.1) is 5.92 Å². The Morgan fingerprint density at radius 2 is 1.70 bits per heavy atom. The van der Waals surface area contributed by atoms with Crippen molar-refractivity contribution in [2.24, 2.45) is 5.92 Å². The first-order chi connectivity index (χ1) is 11.0.